The lowest BCUT2D eigenvalue weighted by atomic mass is 10.1. The molecule has 0 saturated heterocycles. The smallest absolute Gasteiger partial charge is 0.141 e. The number of ether oxygens (including phenoxy) is 1. The molecule has 2 aromatic carbocycles. The van der Waals surface area contributed by atoms with Crippen molar-refractivity contribution >= 4 is 31.9 Å². The van der Waals surface area contributed by atoms with Gasteiger partial charge in [0.25, 0.3) is 0 Å². The predicted octanol–water partition coefficient (Wildman–Crippen LogP) is 4.51. The summed E-state index contributed by atoms with van der Waals surface area (Å²) in [5, 5.41) is 0. The van der Waals surface area contributed by atoms with E-state index in [1.165, 1.54) is 5.56 Å². The van der Waals surface area contributed by atoms with Crippen LogP contribution in [-0.4, -0.2) is 6.54 Å². The standard InChI is InChI=1S/C14H13Br2NO/c15-11-2-1-3-12(9-11)18-14-5-4-10(6-7-17)8-13(14)16/h1-5,8-9H,6-7,17H2. The molecule has 0 unspecified atom stereocenters. The van der Waals surface area contributed by atoms with Gasteiger partial charge in [-0.2, -0.15) is 0 Å². The number of nitrogens with two attached hydrogens (primary N) is 1. The molecule has 0 aliphatic heterocycles. The quantitative estimate of drug-likeness (QED) is 0.859. The zero-order valence-electron chi connectivity index (χ0n) is 9.70. The Bertz CT molecular complexity index is 543. The number of hydrogen-bond acceptors (Lipinski definition) is 2. The van der Waals surface area contributed by atoms with Crippen LogP contribution in [0.2, 0.25) is 0 Å². The molecule has 0 spiro atoms. The average molecular weight is 371 g/mol. The van der Waals surface area contributed by atoms with Crippen LogP contribution in [0.3, 0.4) is 0 Å². The van der Waals surface area contributed by atoms with Crippen molar-refractivity contribution in [1.82, 2.24) is 0 Å². The van der Waals surface area contributed by atoms with Gasteiger partial charge in [-0.3, -0.25) is 0 Å². The van der Waals surface area contributed by atoms with E-state index in [4.69, 9.17) is 10.5 Å². The number of hydrogen-bond donors (Lipinski definition) is 1. The minimum Gasteiger partial charge on any atom is -0.456 e. The van der Waals surface area contributed by atoms with E-state index in [0.29, 0.717) is 6.54 Å². The maximum Gasteiger partial charge on any atom is 0.141 e. The molecule has 94 valence electrons. The van der Waals surface area contributed by atoms with Crippen molar-refractivity contribution in [2.75, 3.05) is 6.54 Å². The van der Waals surface area contributed by atoms with Crippen molar-refractivity contribution in [3.63, 3.8) is 0 Å². The van der Waals surface area contributed by atoms with Gasteiger partial charge >= 0.3 is 0 Å². The molecule has 4 heteroatoms. The summed E-state index contributed by atoms with van der Waals surface area (Å²) in [6.45, 7) is 0.651. The molecule has 0 heterocycles. The van der Waals surface area contributed by atoms with Gasteiger partial charge in [0.05, 0.1) is 4.47 Å². The Hall–Kier alpha value is -0.840. The molecule has 2 rings (SSSR count). The van der Waals surface area contributed by atoms with Gasteiger partial charge in [-0.1, -0.05) is 28.1 Å². The van der Waals surface area contributed by atoms with Gasteiger partial charge in [0.15, 0.2) is 0 Å². The van der Waals surface area contributed by atoms with Crippen LogP contribution < -0.4 is 10.5 Å². The highest BCUT2D eigenvalue weighted by Gasteiger charge is 2.04. The van der Waals surface area contributed by atoms with Gasteiger partial charge < -0.3 is 10.5 Å². The first-order chi connectivity index (χ1) is 8.69. The van der Waals surface area contributed by atoms with E-state index in [1.807, 2.05) is 42.5 Å². The second-order valence-corrected chi connectivity index (χ2v) is 5.63. The van der Waals surface area contributed by atoms with Crippen molar-refractivity contribution in [2.45, 2.75) is 6.42 Å². The molecule has 0 aromatic heterocycles. The van der Waals surface area contributed by atoms with Crippen LogP contribution in [-0.2, 0) is 6.42 Å². The van der Waals surface area contributed by atoms with Crippen LogP contribution in [0.5, 0.6) is 11.5 Å². The maximum absolute atomic E-state index is 5.81. The Morgan fingerprint density at radius 1 is 1.06 bits per heavy atom. The Kier molecular flexibility index (Phi) is 4.80. The van der Waals surface area contributed by atoms with Crippen molar-refractivity contribution in [3.05, 3.63) is 57.0 Å². The minimum absolute atomic E-state index is 0.651. The van der Waals surface area contributed by atoms with Crippen molar-refractivity contribution in [1.29, 1.82) is 0 Å². The van der Waals surface area contributed by atoms with E-state index >= 15 is 0 Å². The molecule has 0 radical (unpaired) electrons. The van der Waals surface area contributed by atoms with Gasteiger partial charge in [-0.05, 0) is 64.8 Å². The summed E-state index contributed by atoms with van der Waals surface area (Å²) < 4.78 is 7.75. The highest BCUT2D eigenvalue weighted by Crippen LogP contribution is 2.31. The van der Waals surface area contributed by atoms with E-state index < -0.39 is 0 Å². The Balaban J connectivity index is 2.19. The summed E-state index contributed by atoms with van der Waals surface area (Å²) in [6, 6.07) is 13.8. The van der Waals surface area contributed by atoms with Crippen molar-refractivity contribution in [2.24, 2.45) is 5.73 Å². The molecule has 0 aliphatic carbocycles. The number of benzene rings is 2. The minimum atomic E-state index is 0.651. The molecule has 0 amide bonds. The number of rotatable bonds is 4. The summed E-state index contributed by atoms with van der Waals surface area (Å²) in [4.78, 5) is 0. The molecule has 18 heavy (non-hydrogen) atoms. The van der Waals surface area contributed by atoms with Crippen LogP contribution in [0, 0.1) is 0 Å². The van der Waals surface area contributed by atoms with Crippen molar-refractivity contribution < 1.29 is 4.74 Å². The first-order valence-electron chi connectivity index (χ1n) is 5.61. The highest BCUT2D eigenvalue weighted by atomic mass is 79.9. The van der Waals surface area contributed by atoms with Gasteiger partial charge in [-0.25, -0.2) is 0 Å². The molecule has 2 nitrogen and oxygen atoms in total. The lowest BCUT2D eigenvalue weighted by Crippen LogP contribution is -2.02. The maximum atomic E-state index is 5.81. The highest BCUT2D eigenvalue weighted by molar-refractivity contribution is 9.10. The first-order valence-corrected chi connectivity index (χ1v) is 7.19. The summed E-state index contributed by atoms with van der Waals surface area (Å²) in [5.74, 6) is 1.60. The SMILES string of the molecule is NCCc1ccc(Oc2cccc(Br)c2)c(Br)c1. The third-order valence-electron chi connectivity index (χ3n) is 2.45. The second kappa shape index (κ2) is 6.36. The van der Waals surface area contributed by atoms with E-state index in [9.17, 15) is 0 Å². The number of halogens is 2. The largest absolute Gasteiger partial charge is 0.456 e. The van der Waals surface area contributed by atoms with Gasteiger partial charge in [0.2, 0.25) is 0 Å². The molecular weight excluding hydrogens is 358 g/mol. The lowest BCUT2D eigenvalue weighted by Gasteiger charge is -2.09. The van der Waals surface area contributed by atoms with E-state index in [0.717, 1.165) is 26.9 Å². The summed E-state index contributed by atoms with van der Waals surface area (Å²) in [6.07, 6.45) is 0.871. The fourth-order valence-electron chi connectivity index (χ4n) is 1.61. The molecule has 0 atom stereocenters. The normalized spacial score (nSPS) is 10.4. The molecular formula is C14H13Br2NO. The molecule has 0 bridgehead atoms. The van der Waals surface area contributed by atoms with Gasteiger partial charge in [0.1, 0.15) is 11.5 Å². The third kappa shape index (κ3) is 3.57. The molecule has 0 fully saturated rings. The molecule has 2 aromatic rings. The van der Waals surface area contributed by atoms with Crippen molar-refractivity contribution in [3.8, 4) is 11.5 Å². The summed E-state index contributed by atoms with van der Waals surface area (Å²) in [7, 11) is 0. The average Bonchev–Trinajstić information content (AvgIpc) is 2.33. The van der Waals surface area contributed by atoms with Crippen LogP contribution in [0.25, 0.3) is 0 Å². The predicted molar refractivity (Wildman–Crippen MR) is 81.1 cm³/mol. The van der Waals surface area contributed by atoms with E-state index in [-0.39, 0.29) is 0 Å². The first kappa shape index (κ1) is 13.6. The fourth-order valence-corrected chi connectivity index (χ4v) is 2.49. The summed E-state index contributed by atoms with van der Waals surface area (Å²) >= 11 is 6.94. The van der Waals surface area contributed by atoms with Crippen LogP contribution in [0.15, 0.2) is 51.4 Å². The monoisotopic (exact) mass is 369 g/mol. The third-order valence-corrected chi connectivity index (χ3v) is 3.57. The molecule has 0 aliphatic rings. The van der Waals surface area contributed by atoms with Gasteiger partial charge in [-0.15, -0.1) is 0 Å². The van der Waals surface area contributed by atoms with E-state index in [2.05, 4.69) is 31.9 Å². The van der Waals surface area contributed by atoms with Crippen LogP contribution in [0.1, 0.15) is 5.56 Å². The fraction of sp³-hybridized carbons (Fsp3) is 0.143. The zero-order valence-corrected chi connectivity index (χ0v) is 12.9. The van der Waals surface area contributed by atoms with Gasteiger partial charge in [0, 0.05) is 4.47 Å². The van der Waals surface area contributed by atoms with Crippen LogP contribution in [0.4, 0.5) is 0 Å². The van der Waals surface area contributed by atoms with E-state index in [1.54, 1.807) is 0 Å². The molecule has 2 N–H and O–H groups in total. The van der Waals surface area contributed by atoms with Crippen LogP contribution >= 0.6 is 31.9 Å². The lowest BCUT2D eigenvalue weighted by molar-refractivity contribution is 0.479. The Labute approximate surface area is 123 Å². The zero-order chi connectivity index (χ0) is 13.0. The topological polar surface area (TPSA) is 35.2 Å². The second-order valence-electron chi connectivity index (χ2n) is 3.86. The Morgan fingerprint density at radius 2 is 1.89 bits per heavy atom. The summed E-state index contributed by atoms with van der Waals surface area (Å²) in [5.41, 5.74) is 6.74. The molecule has 0 saturated carbocycles. The Morgan fingerprint density at radius 3 is 2.56 bits per heavy atom.